The van der Waals surface area contributed by atoms with E-state index in [9.17, 15) is 18.0 Å². The van der Waals surface area contributed by atoms with Crippen molar-refractivity contribution in [1.29, 1.82) is 0 Å². The molecule has 1 amide bonds. The average Bonchev–Trinajstić information content (AvgIpc) is 3.41. The molecule has 4 heterocycles. The van der Waals surface area contributed by atoms with E-state index in [1.807, 2.05) is 18.9 Å². The fraction of sp³-hybridized carbons (Fsp3) is 0.444. The summed E-state index contributed by atoms with van der Waals surface area (Å²) in [5, 5.41) is 17.3. The van der Waals surface area contributed by atoms with E-state index in [-0.39, 0.29) is 17.3 Å². The molecule has 0 saturated carbocycles. The van der Waals surface area contributed by atoms with Gasteiger partial charge in [0, 0.05) is 55.6 Å². The van der Waals surface area contributed by atoms with Crippen LogP contribution in [0.25, 0.3) is 0 Å². The lowest BCUT2D eigenvalue weighted by molar-refractivity contribution is -0.137. The molecular formula is C27H31F3N8O2. The summed E-state index contributed by atoms with van der Waals surface area (Å²) in [6.07, 6.45) is -0.709. The zero-order chi connectivity index (χ0) is 28.6. The quantitative estimate of drug-likeness (QED) is 0.466. The SMILES string of the molecule is Cc1ncc(C(=O)Nc2cc(C(F)(F)F)cc(N3CCCOCC3)c2C)cc1N1CC(c2cnn(C)c2C)N=N1. The third-order valence-electron chi connectivity index (χ3n) is 7.40. The summed E-state index contributed by atoms with van der Waals surface area (Å²) < 4.78 is 48.8. The first-order valence-electron chi connectivity index (χ1n) is 13.0. The van der Waals surface area contributed by atoms with Gasteiger partial charge >= 0.3 is 6.18 Å². The molecule has 1 aromatic carbocycles. The van der Waals surface area contributed by atoms with Gasteiger partial charge in [-0.15, -0.1) is 0 Å². The number of benzene rings is 1. The lowest BCUT2D eigenvalue weighted by atomic mass is 10.0. The molecule has 1 unspecified atom stereocenters. The van der Waals surface area contributed by atoms with Crippen molar-refractivity contribution >= 4 is 23.0 Å². The molecule has 40 heavy (non-hydrogen) atoms. The number of amides is 1. The highest BCUT2D eigenvalue weighted by Gasteiger charge is 2.33. The Hall–Kier alpha value is -4.00. The van der Waals surface area contributed by atoms with Gasteiger partial charge in [-0.2, -0.15) is 23.4 Å². The van der Waals surface area contributed by atoms with Crippen LogP contribution in [0.4, 0.5) is 30.2 Å². The minimum atomic E-state index is -4.58. The number of carbonyl (C=O) groups is 1. The summed E-state index contributed by atoms with van der Waals surface area (Å²) in [6.45, 7) is 7.90. The van der Waals surface area contributed by atoms with Crippen LogP contribution in [-0.4, -0.2) is 53.5 Å². The van der Waals surface area contributed by atoms with E-state index in [1.165, 1.54) is 6.20 Å². The van der Waals surface area contributed by atoms with Crippen molar-refractivity contribution in [3.05, 3.63) is 64.2 Å². The largest absolute Gasteiger partial charge is 0.416 e. The Morgan fingerprint density at radius 3 is 2.60 bits per heavy atom. The molecule has 0 aliphatic carbocycles. The van der Waals surface area contributed by atoms with Crippen molar-refractivity contribution in [2.24, 2.45) is 17.4 Å². The number of hydrogen-bond donors (Lipinski definition) is 1. The maximum atomic E-state index is 13.8. The molecule has 3 aromatic rings. The summed E-state index contributed by atoms with van der Waals surface area (Å²) in [4.78, 5) is 19.6. The average molecular weight is 557 g/mol. The predicted octanol–water partition coefficient (Wildman–Crippen LogP) is 5.17. The highest BCUT2D eigenvalue weighted by Crippen LogP contribution is 2.38. The van der Waals surface area contributed by atoms with E-state index in [0.717, 1.165) is 23.4 Å². The van der Waals surface area contributed by atoms with Gasteiger partial charge < -0.3 is 15.0 Å². The minimum Gasteiger partial charge on any atom is -0.380 e. The molecule has 212 valence electrons. The summed E-state index contributed by atoms with van der Waals surface area (Å²) in [5.41, 5.74) is 3.60. The number of nitrogens with one attached hydrogen (secondary N) is 1. The number of ether oxygens (including phenoxy) is 1. The Balaban J connectivity index is 1.41. The second-order valence-electron chi connectivity index (χ2n) is 10.0. The number of rotatable bonds is 5. The van der Waals surface area contributed by atoms with Gasteiger partial charge in [0.2, 0.25) is 0 Å². The molecule has 1 fully saturated rings. The Kier molecular flexibility index (Phi) is 7.49. The second kappa shape index (κ2) is 10.9. The molecule has 0 bridgehead atoms. The van der Waals surface area contributed by atoms with Crippen molar-refractivity contribution in [3.8, 4) is 0 Å². The monoisotopic (exact) mass is 556 g/mol. The summed E-state index contributed by atoms with van der Waals surface area (Å²) in [7, 11) is 1.86. The molecular weight excluding hydrogens is 525 g/mol. The normalized spacial score (nSPS) is 17.8. The van der Waals surface area contributed by atoms with E-state index in [4.69, 9.17) is 4.74 Å². The zero-order valence-corrected chi connectivity index (χ0v) is 22.8. The third kappa shape index (κ3) is 5.51. The molecule has 0 spiro atoms. The molecule has 2 aromatic heterocycles. The van der Waals surface area contributed by atoms with E-state index in [0.29, 0.717) is 61.9 Å². The summed E-state index contributed by atoms with van der Waals surface area (Å²) in [5.74, 6) is -0.572. The van der Waals surface area contributed by atoms with Gasteiger partial charge in [0.25, 0.3) is 5.91 Å². The Labute approximate surface area is 229 Å². The minimum absolute atomic E-state index is 0.0927. The van der Waals surface area contributed by atoms with Crippen LogP contribution in [0.5, 0.6) is 0 Å². The molecule has 1 N–H and O–H groups in total. The van der Waals surface area contributed by atoms with Gasteiger partial charge in [0.15, 0.2) is 0 Å². The highest BCUT2D eigenvalue weighted by molar-refractivity contribution is 6.05. The van der Waals surface area contributed by atoms with Crippen LogP contribution >= 0.6 is 0 Å². The van der Waals surface area contributed by atoms with Crippen molar-refractivity contribution in [3.63, 3.8) is 0 Å². The summed E-state index contributed by atoms with van der Waals surface area (Å²) >= 11 is 0. The van der Waals surface area contributed by atoms with Crippen LogP contribution in [0.1, 0.15) is 50.9 Å². The van der Waals surface area contributed by atoms with Gasteiger partial charge in [-0.05, 0) is 51.0 Å². The number of nitrogens with zero attached hydrogens (tertiary/aromatic N) is 7. The first-order chi connectivity index (χ1) is 19.0. The second-order valence-corrected chi connectivity index (χ2v) is 10.0. The molecule has 2 aliphatic rings. The van der Waals surface area contributed by atoms with Crippen LogP contribution < -0.4 is 15.2 Å². The number of anilines is 3. The van der Waals surface area contributed by atoms with E-state index in [1.54, 1.807) is 35.8 Å². The smallest absolute Gasteiger partial charge is 0.380 e. The number of pyridine rings is 1. The number of carbonyl (C=O) groups excluding carboxylic acids is 1. The van der Waals surface area contributed by atoms with Gasteiger partial charge in [-0.1, -0.05) is 5.22 Å². The standard InChI is InChI=1S/C27H31F3N8O2/c1-16-22(11-20(27(28,29)30)12-24(16)37-6-5-8-40-9-7-37)33-26(39)19-10-25(17(2)31-13-19)38-15-23(34-35-38)21-14-32-36(4)18(21)3/h10-14,23H,5-9,15H2,1-4H3,(H,33,39). The molecule has 1 saturated heterocycles. The number of aryl methyl sites for hydroxylation is 2. The maximum Gasteiger partial charge on any atom is 0.416 e. The van der Waals surface area contributed by atoms with Crippen LogP contribution in [0.15, 0.2) is 40.9 Å². The third-order valence-corrected chi connectivity index (χ3v) is 7.40. The predicted molar refractivity (Wildman–Crippen MR) is 144 cm³/mol. The van der Waals surface area contributed by atoms with Crippen LogP contribution in [0.3, 0.4) is 0 Å². The van der Waals surface area contributed by atoms with Crippen molar-refractivity contribution in [2.75, 3.05) is 48.1 Å². The summed E-state index contributed by atoms with van der Waals surface area (Å²) in [6, 6.07) is 3.52. The Bertz CT molecular complexity index is 1440. The lowest BCUT2D eigenvalue weighted by Crippen LogP contribution is -2.27. The maximum absolute atomic E-state index is 13.8. The Morgan fingerprint density at radius 2 is 1.88 bits per heavy atom. The number of halogens is 3. The molecule has 0 radical (unpaired) electrons. The topological polar surface area (TPSA) is 100 Å². The number of hydrogen-bond acceptors (Lipinski definition) is 8. The van der Waals surface area contributed by atoms with Crippen molar-refractivity contribution < 1.29 is 22.7 Å². The van der Waals surface area contributed by atoms with E-state index in [2.05, 4.69) is 25.7 Å². The van der Waals surface area contributed by atoms with E-state index >= 15 is 0 Å². The van der Waals surface area contributed by atoms with E-state index < -0.39 is 17.6 Å². The lowest BCUT2D eigenvalue weighted by Gasteiger charge is -2.27. The molecule has 13 heteroatoms. The van der Waals surface area contributed by atoms with Gasteiger partial charge in [-0.25, -0.2) is 5.01 Å². The van der Waals surface area contributed by atoms with Gasteiger partial charge in [-0.3, -0.25) is 14.5 Å². The zero-order valence-electron chi connectivity index (χ0n) is 22.8. The number of alkyl halides is 3. The number of aromatic nitrogens is 3. The van der Waals surface area contributed by atoms with Gasteiger partial charge in [0.05, 0.1) is 41.9 Å². The first-order valence-corrected chi connectivity index (χ1v) is 13.0. The van der Waals surface area contributed by atoms with Gasteiger partial charge in [0.1, 0.15) is 6.04 Å². The molecule has 10 nitrogen and oxygen atoms in total. The van der Waals surface area contributed by atoms with Crippen molar-refractivity contribution in [1.82, 2.24) is 14.8 Å². The first kappa shape index (κ1) is 27.6. The fourth-order valence-electron chi connectivity index (χ4n) is 4.92. The molecule has 1 atom stereocenters. The highest BCUT2D eigenvalue weighted by atomic mass is 19.4. The van der Waals surface area contributed by atoms with Crippen molar-refractivity contribution in [2.45, 2.75) is 39.4 Å². The molecule has 5 rings (SSSR count). The molecule has 2 aliphatic heterocycles. The van der Waals surface area contributed by atoms with Crippen LogP contribution in [0.2, 0.25) is 0 Å². The Morgan fingerprint density at radius 1 is 1.07 bits per heavy atom. The fourth-order valence-corrected chi connectivity index (χ4v) is 4.92. The van der Waals surface area contributed by atoms with Crippen LogP contribution in [-0.2, 0) is 18.0 Å². The van der Waals surface area contributed by atoms with Crippen LogP contribution in [0, 0.1) is 20.8 Å².